The second-order valence-corrected chi connectivity index (χ2v) is 6.49. The number of ether oxygens (including phenoxy) is 1. The Bertz CT molecular complexity index is 656. The first kappa shape index (κ1) is 15.4. The second-order valence-electron chi connectivity index (χ2n) is 4.97. The molecule has 1 saturated heterocycles. The average molecular weight is 338 g/mol. The first-order chi connectivity index (χ1) is 10.7. The molecule has 116 valence electrons. The Labute approximate surface area is 137 Å². The molecule has 2 N–H and O–H groups in total. The van der Waals surface area contributed by atoms with E-state index in [1.165, 1.54) is 11.3 Å². The molecule has 0 aliphatic carbocycles. The van der Waals surface area contributed by atoms with Gasteiger partial charge in [0.1, 0.15) is 6.04 Å². The van der Waals surface area contributed by atoms with E-state index in [0.29, 0.717) is 31.3 Å². The van der Waals surface area contributed by atoms with Gasteiger partial charge in [0.2, 0.25) is 5.91 Å². The minimum Gasteiger partial charge on any atom is -0.378 e. The lowest BCUT2D eigenvalue weighted by atomic mass is 10.1. The first-order valence-electron chi connectivity index (χ1n) is 7.02. The highest BCUT2D eigenvalue weighted by molar-refractivity contribution is 7.15. The van der Waals surface area contributed by atoms with E-state index >= 15 is 0 Å². The molecule has 0 spiro atoms. The quantitative estimate of drug-likeness (QED) is 0.898. The van der Waals surface area contributed by atoms with Crippen molar-refractivity contribution in [1.29, 1.82) is 0 Å². The molecule has 1 unspecified atom stereocenters. The van der Waals surface area contributed by atoms with Gasteiger partial charge in [-0.25, -0.2) is 4.98 Å². The zero-order valence-electron chi connectivity index (χ0n) is 11.8. The molecule has 1 fully saturated rings. The van der Waals surface area contributed by atoms with Crippen molar-refractivity contribution in [1.82, 2.24) is 10.3 Å². The maximum Gasteiger partial charge on any atom is 0.245 e. The van der Waals surface area contributed by atoms with Crippen LogP contribution in [0.3, 0.4) is 0 Å². The monoisotopic (exact) mass is 337 g/mol. The maximum absolute atomic E-state index is 12.1. The van der Waals surface area contributed by atoms with Crippen molar-refractivity contribution in [2.45, 2.75) is 12.5 Å². The summed E-state index contributed by atoms with van der Waals surface area (Å²) < 4.78 is 5.28. The number of hydrogen-bond donors (Lipinski definition) is 2. The molecular weight excluding hydrogens is 322 g/mol. The molecular formula is C15H16ClN3O2S. The predicted molar refractivity (Wildman–Crippen MR) is 87.6 cm³/mol. The first-order valence-corrected chi connectivity index (χ1v) is 8.22. The molecule has 1 aliphatic rings. The summed E-state index contributed by atoms with van der Waals surface area (Å²) in [5.41, 5.74) is 1.05. The van der Waals surface area contributed by atoms with Crippen molar-refractivity contribution in [3.63, 3.8) is 0 Å². The third kappa shape index (κ3) is 3.84. The fraction of sp³-hybridized carbons (Fsp3) is 0.333. The number of carbonyl (C=O) groups is 1. The Kier molecular flexibility index (Phi) is 5.04. The van der Waals surface area contributed by atoms with Crippen LogP contribution in [0, 0.1) is 0 Å². The number of thiazole rings is 1. The van der Waals surface area contributed by atoms with Gasteiger partial charge in [-0.1, -0.05) is 29.8 Å². The molecule has 1 aliphatic heterocycles. The molecule has 1 amide bonds. The molecule has 5 nitrogen and oxygen atoms in total. The number of hydrogen-bond acceptors (Lipinski definition) is 5. The van der Waals surface area contributed by atoms with Crippen LogP contribution in [0.25, 0.3) is 0 Å². The van der Waals surface area contributed by atoms with Gasteiger partial charge >= 0.3 is 0 Å². The van der Waals surface area contributed by atoms with Gasteiger partial charge in [-0.15, -0.1) is 11.3 Å². The lowest BCUT2D eigenvalue weighted by Crippen LogP contribution is -2.48. The van der Waals surface area contributed by atoms with Crippen molar-refractivity contribution >= 4 is 34.0 Å². The third-order valence-electron chi connectivity index (χ3n) is 3.34. The molecule has 1 aromatic heterocycles. The highest BCUT2D eigenvalue weighted by Crippen LogP contribution is 2.24. The molecule has 0 bridgehead atoms. The van der Waals surface area contributed by atoms with Gasteiger partial charge in [-0.2, -0.15) is 0 Å². The Morgan fingerprint density at radius 2 is 2.36 bits per heavy atom. The number of aromatic nitrogens is 1. The van der Waals surface area contributed by atoms with Crippen LogP contribution in [0.5, 0.6) is 0 Å². The van der Waals surface area contributed by atoms with Crippen LogP contribution in [0.15, 0.2) is 30.5 Å². The Morgan fingerprint density at radius 1 is 1.50 bits per heavy atom. The lowest BCUT2D eigenvalue weighted by molar-refractivity contribution is -0.120. The van der Waals surface area contributed by atoms with E-state index in [1.807, 2.05) is 24.3 Å². The van der Waals surface area contributed by atoms with Crippen molar-refractivity contribution < 1.29 is 9.53 Å². The van der Waals surface area contributed by atoms with E-state index in [4.69, 9.17) is 16.3 Å². The molecule has 1 atom stereocenters. The number of nitrogens with zero attached hydrogens (tertiary/aromatic N) is 1. The van der Waals surface area contributed by atoms with Crippen molar-refractivity contribution in [3.8, 4) is 0 Å². The average Bonchev–Trinajstić information content (AvgIpc) is 2.97. The normalized spacial score (nSPS) is 18.1. The standard InChI is InChI=1S/C15H16ClN3O2S/c16-12-4-2-1-3-10(12)7-11-8-18-15(22-11)19-14(20)13-9-21-6-5-17-13/h1-4,8,13,17H,5-7,9H2,(H,18,19,20). The summed E-state index contributed by atoms with van der Waals surface area (Å²) >= 11 is 7.62. The van der Waals surface area contributed by atoms with E-state index in [2.05, 4.69) is 15.6 Å². The summed E-state index contributed by atoms with van der Waals surface area (Å²) in [5.74, 6) is -0.113. The van der Waals surface area contributed by atoms with Gasteiger partial charge in [0, 0.05) is 29.1 Å². The molecule has 22 heavy (non-hydrogen) atoms. The Morgan fingerprint density at radius 3 is 3.14 bits per heavy atom. The zero-order chi connectivity index (χ0) is 15.4. The van der Waals surface area contributed by atoms with Gasteiger partial charge in [0.25, 0.3) is 0 Å². The summed E-state index contributed by atoms with van der Waals surface area (Å²) in [5, 5.41) is 7.28. The van der Waals surface area contributed by atoms with Crippen LogP contribution in [0.1, 0.15) is 10.4 Å². The maximum atomic E-state index is 12.1. The van der Waals surface area contributed by atoms with Crippen LogP contribution in [0.4, 0.5) is 5.13 Å². The number of benzene rings is 1. The minimum atomic E-state index is -0.315. The fourth-order valence-electron chi connectivity index (χ4n) is 2.20. The molecule has 2 heterocycles. The van der Waals surface area contributed by atoms with Gasteiger partial charge in [-0.05, 0) is 11.6 Å². The number of amides is 1. The highest BCUT2D eigenvalue weighted by Gasteiger charge is 2.22. The number of carbonyl (C=O) groups excluding carboxylic acids is 1. The number of rotatable bonds is 4. The fourth-order valence-corrected chi connectivity index (χ4v) is 3.24. The molecule has 7 heteroatoms. The number of nitrogens with one attached hydrogen (secondary N) is 2. The van der Waals surface area contributed by atoms with Gasteiger partial charge in [0.05, 0.1) is 13.2 Å². The topological polar surface area (TPSA) is 63.2 Å². The van der Waals surface area contributed by atoms with Crippen molar-refractivity contribution in [3.05, 3.63) is 45.9 Å². The Hall–Kier alpha value is -1.47. The van der Waals surface area contributed by atoms with E-state index < -0.39 is 0 Å². The number of halogens is 1. The Balaban J connectivity index is 1.61. The van der Waals surface area contributed by atoms with Gasteiger partial charge in [0.15, 0.2) is 5.13 Å². The lowest BCUT2D eigenvalue weighted by Gasteiger charge is -2.22. The SMILES string of the molecule is O=C(Nc1ncc(Cc2ccccc2Cl)s1)C1COCCN1. The van der Waals surface area contributed by atoms with E-state index in [1.54, 1.807) is 6.20 Å². The number of anilines is 1. The van der Waals surface area contributed by atoms with Crippen LogP contribution < -0.4 is 10.6 Å². The largest absolute Gasteiger partial charge is 0.378 e. The summed E-state index contributed by atoms with van der Waals surface area (Å²) in [6, 6.07) is 7.41. The summed E-state index contributed by atoms with van der Waals surface area (Å²) in [6.07, 6.45) is 2.48. The number of morpholine rings is 1. The van der Waals surface area contributed by atoms with Crippen LogP contribution in [-0.4, -0.2) is 36.7 Å². The second kappa shape index (κ2) is 7.19. The van der Waals surface area contributed by atoms with E-state index in [0.717, 1.165) is 15.5 Å². The molecule has 1 aromatic carbocycles. The van der Waals surface area contributed by atoms with Crippen LogP contribution in [0.2, 0.25) is 5.02 Å². The van der Waals surface area contributed by atoms with E-state index in [-0.39, 0.29) is 11.9 Å². The highest BCUT2D eigenvalue weighted by atomic mass is 35.5. The molecule has 0 radical (unpaired) electrons. The van der Waals surface area contributed by atoms with Gasteiger partial charge in [-0.3, -0.25) is 4.79 Å². The van der Waals surface area contributed by atoms with Gasteiger partial charge < -0.3 is 15.4 Å². The van der Waals surface area contributed by atoms with Crippen LogP contribution in [-0.2, 0) is 16.0 Å². The molecule has 3 rings (SSSR count). The summed E-state index contributed by atoms with van der Waals surface area (Å²) in [6.45, 7) is 1.72. The summed E-state index contributed by atoms with van der Waals surface area (Å²) in [7, 11) is 0. The third-order valence-corrected chi connectivity index (χ3v) is 4.63. The molecule has 0 saturated carbocycles. The minimum absolute atomic E-state index is 0.113. The van der Waals surface area contributed by atoms with Crippen molar-refractivity contribution in [2.24, 2.45) is 0 Å². The molecule has 2 aromatic rings. The van der Waals surface area contributed by atoms with E-state index in [9.17, 15) is 4.79 Å². The zero-order valence-corrected chi connectivity index (χ0v) is 13.4. The predicted octanol–water partition coefficient (Wildman–Crippen LogP) is 2.31. The van der Waals surface area contributed by atoms with Crippen LogP contribution >= 0.6 is 22.9 Å². The van der Waals surface area contributed by atoms with Crippen molar-refractivity contribution in [2.75, 3.05) is 25.1 Å². The smallest absolute Gasteiger partial charge is 0.245 e. The summed E-state index contributed by atoms with van der Waals surface area (Å²) in [4.78, 5) is 17.4.